The molecule has 0 spiro atoms. The second kappa shape index (κ2) is 15.1. The van der Waals surface area contributed by atoms with E-state index in [0.29, 0.717) is 0 Å². The quantitative estimate of drug-likeness (QED) is 0.496. The van der Waals surface area contributed by atoms with Gasteiger partial charge in [0.25, 0.3) is 0 Å². The molecule has 148 valence electrons. The van der Waals surface area contributed by atoms with Crippen molar-refractivity contribution in [3.05, 3.63) is 13.0 Å². The van der Waals surface area contributed by atoms with E-state index in [4.69, 9.17) is 4.74 Å². The Kier molecular flexibility index (Phi) is 13.9. The Bertz CT molecular complexity index is 264. The van der Waals surface area contributed by atoms with E-state index in [1.54, 1.807) is 0 Å². The monoisotopic (exact) mass is 350 g/mol. The van der Waals surface area contributed by atoms with Crippen molar-refractivity contribution in [2.24, 2.45) is 5.41 Å². The Morgan fingerprint density at radius 1 is 0.680 bits per heavy atom. The molecule has 1 fully saturated rings. The maximum atomic E-state index is 6.23. The molecule has 0 aliphatic carbocycles. The lowest BCUT2D eigenvalue weighted by molar-refractivity contribution is 0.0951. The molecule has 0 amide bonds. The first kappa shape index (κ1) is 23.0. The minimum atomic E-state index is 0.282. The molecule has 1 nitrogen and oxygen atoms in total. The lowest BCUT2D eigenvalue weighted by Gasteiger charge is -2.28. The maximum absolute atomic E-state index is 6.23. The number of ether oxygens (including phenoxy) is 1. The van der Waals surface area contributed by atoms with E-state index in [9.17, 15) is 0 Å². The highest BCUT2D eigenvalue weighted by Crippen LogP contribution is 2.33. The summed E-state index contributed by atoms with van der Waals surface area (Å²) in [6.07, 6.45) is 25.7. The highest BCUT2D eigenvalue weighted by Gasteiger charge is 2.22. The molecule has 0 saturated carbocycles. The molecule has 25 heavy (non-hydrogen) atoms. The van der Waals surface area contributed by atoms with Crippen LogP contribution in [0.15, 0.2) is 0 Å². The summed E-state index contributed by atoms with van der Waals surface area (Å²) in [6, 6.07) is 0. The third-order valence-corrected chi connectivity index (χ3v) is 5.76. The lowest BCUT2D eigenvalue weighted by atomic mass is 9.83. The second-order valence-corrected chi connectivity index (χ2v) is 9.03. The van der Waals surface area contributed by atoms with Crippen LogP contribution in [0.3, 0.4) is 0 Å². The molecular weight excluding hydrogens is 304 g/mol. The van der Waals surface area contributed by atoms with Gasteiger partial charge in [-0.05, 0) is 31.1 Å². The Balaban J connectivity index is 2.34. The van der Waals surface area contributed by atoms with Crippen LogP contribution in [0.25, 0.3) is 0 Å². The molecular formula is C24H46O. The van der Waals surface area contributed by atoms with Crippen LogP contribution in [0, 0.1) is 18.4 Å². The average molecular weight is 351 g/mol. The van der Waals surface area contributed by atoms with E-state index >= 15 is 0 Å². The minimum Gasteiger partial charge on any atom is -0.372 e. The van der Waals surface area contributed by atoms with Crippen molar-refractivity contribution >= 4 is 0 Å². The molecule has 1 aliphatic heterocycles. The Morgan fingerprint density at radius 3 is 1.52 bits per heavy atom. The van der Waals surface area contributed by atoms with Crippen LogP contribution in [0.1, 0.15) is 129 Å². The topological polar surface area (TPSA) is 9.23 Å². The van der Waals surface area contributed by atoms with Crippen LogP contribution in [-0.4, -0.2) is 6.61 Å². The van der Waals surface area contributed by atoms with E-state index in [1.165, 1.54) is 109 Å². The zero-order valence-electron chi connectivity index (χ0n) is 17.6. The van der Waals surface area contributed by atoms with Gasteiger partial charge in [-0.1, -0.05) is 111 Å². The fourth-order valence-electron chi connectivity index (χ4n) is 3.77. The SMILES string of the molecule is [CH2]CC(C)(C)C[C]1CCCCCCCCCCCCCCCCCO1. The standard InChI is InChI=1S/C24H46O/c1-4-24(2,3)22-23-20-18-16-14-12-10-8-6-5-7-9-11-13-15-17-19-21-25-23/h1,4-22H2,2-3H3. The first-order valence-electron chi connectivity index (χ1n) is 11.4. The van der Waals surface area contributed by atoms with E-state index in [-0.39, 0.29) is 5.41 Å². The first-order valence-corrected chi connectivity index (χ1v) is 11.4. The Morgan fingerprint density at radius 2 is 1.08 bits per heavy atom. The summed E-state index contributed by atoms with van der Waals surface area (Å²) in [5.74, 6) is 0. The molecule has 0 atom stereocenters. The van der Waals surface area contributed by atoms with Gasteiger partial charge in [-0.3, -0.25) is 0 Å². The zero-order valence-corrected chi connectivity index (χ0v) is 17.6. The summed E-state index contributed by atoms with van der Waals surface area (Å²) in [5, 5.41) is 0. The number of rotatable bonds is 3. The molecule has 0 aromatic carbocycles. The van der Waals surface area contributed by atoms with E-state index in [2.05, 4.69) is 20.8 Å². The van der Waals surface area contributed by atoms with Gasteiger partial charge < -0.3 is 4.74 Å². The molecule has 1 heterocycles. The van der Waals surface area contributed by atoms with E-state index in [1.807, 2.05) is 0 Å². The van der Waals surface area contributed by atoms with Crippen molar-refractivity contribution in [2.45, 2.75) is 129 Å². The van der Waals surface area contributed by atoms with Gasteiger partial charge in [0.15, 0.2) is 0 Å². The van der Waals surface area contributed by atoms with Gasteiger partial charge in [-0.2, -0.15) is 0 Å². The van der Waals surface area contributed by atoms with Gasteiger partial charge in [0.2, 0.25) is 0 Å². The summed E-state index contributed by atoms with van der Waals surface area (Å²) < 4.78 is 6.23. The first-order chi connectivity index (χ1) is 12.1. The van der Waals surface area contributed by atoms with Gasteiger partial charge in [-0.25, -0.2) is 0 Å². The molecule has 0 aromatic heterocycles. The number of hydrogen-bond acceptors (Lipinski definition) is 1. The summed E-state index contributed by atoms with van der Waals surface area (Å²) in [5.41, 5.74) is 0.282. The fraction of sp³-hybridized carbons (Fsp3) is 0.917. The summed E-state index contributed by atoms with van der Waals surface area (Å²) in [7, 11) is 0. The smallest absolute Gasteiger partial charge is 0.0976 e. The molecule has 1 aliphatic rings. The van der Waals surface area contributed by atoms with Gasteiger partial charge in [0.05, 0.1) is 6.10 Å². The van der Waals surface area contributed by atoms with E-state index in [0.717, 1.165) is 19.4 Å². The molecule has 0 unspecified atom stereocenters. The van der Waals surface area contributed by atoms with Crippen molar-refractivity contribution in [1.29, 1.82) is 0 Å². The van der Waals surface area contributed by atoms with Gasteiger partial charge in [0.1, 0.15) is 0 Å². The van der Waals surface area contributed by atoms with E-state index < -0.39 is 0 Å². The summed E-state index contributed by atoms with van der Waals surface area (Å²) in [4.78, 5) is 0. The van der Waals surface area contributed by atoms with Crippen molar-refractivity contribution in [2.75, 3.05) is 6.61 Å². The van der Waals surface area contributed by atoms with Gasteiger partial charge in [-0.15, -0.1) is 0 Å². The highest BCUT2D eigenvalue weighted by molar-refractivity contribution is 4.87. The molecule has 0 bridgehead atoms. The normalized spacial score (nSPS) is 22.7. The lowest BCUT2D eigenvalue weighted by Crippen LogP contribution is -2.17. The Labute approximate surface area is 159 Å². The van der Waals surface area contributed by atoms with Crippen LogP contribution in [0.4, 0.5) is 0 Å². The predicted octanol–water partition coefficient (Wildman–Crippen LogP) is 8.43. The molecule has 2 radical (unpaired) electrons. The van der Waals surface area contributed by atoms with Crippen molar-refractivity contribution < 1.29 is 4.74 Å². The fourth-order valence-corrected chi connectivity index (χ4v) is 3.77. The van der Waals surface area contributed by atoms with Crippen molar-refractivity contribution in [3.63, 3.8) is 0 Å². The molecule has 1 rings (SSSR count). The highest BCUT2D eigenvalue weighted by atomic mass is 16.5. The minimum absolute atomic E-state index is 0.282. The van der Waals surface area contributed by atoms with Crippen molar-refractivity contribution in [1.82, 2.24) is 0 Å². The van der Waals surface area contributed by atoms with Crippen LogP contribution in [-0.2, 0) is 4.74 Å². The van der Waals surface area contributed by atoms with Crippen molar-refractivity contribution in [3.8, 4) is 0 Å². The molecule has 0 aromatic rings. The average Bonchev–Trinajstić information content (AvgIpc) is 2.59. The second-order valence-electron chi connectivity index (χ2n) is 9.03. The van der Waals surface area contributed by atoms with Crippen LogP contribution >= 0.6 is 0 Å². The number of hydrogen-bond donors (Lipinski definition) is 0. The zero-order chi connectivity index (χ0) is 18.2. The third-order valence-electron chi connectivity index (χ3n) is 5.76. The van der Waals surface area contributed by atoms with Gasteiger partial charge in [0, 0.05) is 6.61 Å². The molecule has 0 N–H and O–H groups in total. The maximum Gasteiger partial charge on any atom is 0.0976 e. The largest absolute Gasteiger partial charge is 0.372 e. The Hall–Kier alpha value is -0.0400. The van der Waals surface area contributed by atoms with Crippen LogP contribution < -0.4 is 0 Å². The van der Waals surface area contributed by atoms with Gasteiger partial charge >= 0.3 is 0 Å². The van der Waals surface area contributed by atoms with Crippen LogP contribution in [0.2, 0.25) is 0 Å². The summed E-state index contributed by atoms with van der Waals surface area (Å²) in [6.45, 7) is 9.70. The molecule has 1 heteroatoms. The summed E-state index contributed by atoms with van der Waals surface area (Å²) >= 11 is 0. The van der Waals surface area contributed by atoms with Crippen LogP contribution in [0.5, 0.6) is 0 Å². The molecule has 1 saturated heterocycles. The predicted molar refractivity (Wildman–Crippen MR) is 111 cm³/mol. The third kappa shape index (κ3) is 13.8.